The Morgan fingerprint density at radius 2 is 2.06 bits per heavy atom. The highest BCUT2D eigenvalue weighted by Gasteiger charge is 2.09. The lowest BCUT2D eigenvalue weighted by Crippen LogP contribution is -2.05. The zero-order chi connectivity index (χ0) is 13.0. The summed E-state index contributed by atoms with van der Waals surface area (Å²) in [5, 5.41) is 0. The van der Waals surface area contributed by atoms with Gasteiger partial charge in [0, 0.05) is 12.5 Å². The summed E-state index contributed by atoms with van der Waals surface area (Å²) in [6.07, 6.45) is 3.09. The van der Waals surface area contributed by atoms with Gasteiger partial charge < -0.3 is 10.5 Å². The average molecular weight is 246 g/mol. The number of nitrogens with two attached hydrogens (primary N) is 1. The van der Waals surface area contributed by atoms with Crippen molar-refractivity contribution >= 4 is 5.95 Å². The molecular weight excluding hydrogens is 232 g/mol. The molecule has 0 spiro atoms. The van der Waals surface area contributed by atoms with E-state index in [0.29, 0.717) is 23.2 Å². The van der Waals surface area contributed by atoms with Crippen LogP contribution in [0.4, 0.5) is 5.95 Å². The fourth-order valence-electron chi connectivity index (χ4n) is 1.46. The van der Waals surface area contributed by atoms with Crippen molar-refractivity contribution in [3.63, 3.8) is 0 Å². The fraction of sp³-hybridized carbons (Fsp3) is 0.364. The van der Waals surface area contributed by atoms with Gasteiger partial charge in [-0.3, -0.25) is 0 Å². The van der Waals surface area contributed by atoms with Crippen LogP contribution in [-0.4, -0.2) is 32.0 Å². The molecule has 0 aliphatic rings. The Morgan fingerprint density at radius 1 is 1.22 bits per heavy atom. The summed E-state index contributed by atoms with van der Waals surface area (Å²) >= 11 is 0. The number of aromatic nitrogens is 5. The monoisotopic (exact) mass is 246 g/mol. The minimum Gasteiger partial charge on any atom is -0.481 e. The predicted octanol–water partition coefficient (Wildman–Crippen LogP) is 0.872. The van der Waals surface area contributed by atoms with Crippen LogP contribution in [-0.2, 0) is 6.42 Å². The van der Waals surface area contributed by atoms with Crippen molar-refractivity contribution < 1.29 is 4.74 Å². The lowest BCUT2D eigenvalue weighted by Gasteiger charge is -2.04. The van der Waals surface area contributed by atoms with Gasteiger partial charge in [-0.25, -0.2) is 15.0 Å². The van der Waals surface area contributed by atoms with Gasteiger partial charge in [0.25, 0.3) is 0 Å². The normalized spacial score (nSPS) is 10.3. The molecule has 0 fully saturated rings. The molecule has 0 aromatic carbocycles. The molecule has 2 rings (SSSR count). The van der Waals surface area contributed by atoms with E-state index in [1.165, 1.54) is 13.4 Å². The molecule has 2 heterocycles. The molecule has 0 amide bonds. The van der Waals surface area contributed by atoms with Crippen molar-refractivity contribution in [1.29, 1.82) is 0 Å². The van der Waals surface area contributed by atoms with E-state index in [-0.39, 0.29) is 5.95 Å². The Hall–Kier alpha value is -2.31. The van der Waals surface area contributed by atoms with E-state index in [2.05, 4.69) is 24.9 Å². The number of hydrogen-bond acceptors (Lipinski definition) is 7. The van der Waals surface area contributed by atoms with Crippen LogP contribution in [0.3, 0.4) is 0 Å². The molecule has 0 saturated heterocycles. The third-order valence-corrected chi connectivity index (χ3v) is 2.25. The number of rotatable bonds is 4. The van der Waals surface area contributed by atoms with E-state index in [9.17, 15) is 0 Å². The maximum atomic E-state index is 5.66. The van der Waals surface area contributed by atoms with Gasteiger partial charge in [0.1, 0.15) is 17.8 Å². The second kappa shape index (κ2) is 5.35. The average Bonchev–Trinajstić information content (AvgIpc) is 2.38. The van der Waals surface area contributed by atoms with Crippen LogP contribution in [0.15, 0.2) is 12.4 Å². The SMILES string of the molecule is CCCc1nc(N)nc(-c2cc(OC)ncn2)n1. The van der Waals surface area contributed by atoms with E-state index in [0.717, 1.165) is 12.8 Å². The van der Waals surface area contributed by atoms with Crippen molar-refractivity contribution in [2.24, 2.45) is 0 Å². The summed E-state index contributed by atoms with van der Waals surface area (Å²) < 4.78 is 5.03. The first-order chi connectivity index (χ1) is 8.72. The van der Waals surface area contributed by atoms with Crippen LogP contribution in [0.2, 0.25) is 0 Å². The van der Waals surface area contributed by atoms with Crippen LogP contribution in [0.1, 0.15) is 19.2 Å². The summed E-state index contributed by atoms with van der Waals surface area (Å²) in [5.41, 5.74) is 6.22. The predicted molar refractivity (Wildman–Crippen MR) is 65.8 cm³/mol. The second-order valence-electron chi connectivity index (χ2n) is 3.63. The molecule has 0 radical (unpaired) electrons. The molecule has 0 bridgehead atoms. The first-order valence-electron chi connectivity index (χ1n) is 5.59. The molecule has 7 nitrogen and oxygen atoms in total. The summed E-state index contributed by atoms with van der Waals surface area (Å²) in [6, 6.07) is 1.66. The molecule has 2 aromatic heterocycles. The van der Waals surface area contributed by atoms with Crippen molar-refractivity contribution in [1.82, 2.24) is 24.9 Å². The highest BCUT2D eigenvalue weighted by atomic mass is 16.5. The third kappa shape index (κ3) is 2.68. The van der Waals surface area contributed by atoms with Gasteiger partial charge >= 0.3 is 0 Å². The minimum atomic E-state index is 0.195. The fourth-order valence-corrected chi connectivity index (χ4v) is 1.46. The van der Waals surface area contributed by atoms with Gasteiger partial charge in [-0.2, -0.15) is 9.97 Å². The van der Waals surface area contributed by atoms with E-state index in [1.807, 2.05) is 6.92 Å². The molecule has 7 heteroatoms. The van der Waals surface area contributed by atoms with Crippen molar-refractivity contribution in [3.05, 3.63) is 18.2 Å². The molecule has 2 aromatic rings. The standard InChI is InChI=1S/C11H14N6O/c1-3-4-8-15-10(17-11(12)16-8)7-5-9(18-2)14-6-13-7/h5-6H,3-4H2,1-2H3,(H2,12,15,16,17). The van der Waals surface area contributed by atoms with Crippen LogP contribution in [0.25, 0.3) is 11.5 Å². The molecule has 0 atom stereocenters. The molecule has 0 aliphatic carbocycles. The highest BCUT2D eigenvalue weighted by molar-refractivity contribution is 5.51. The molecular formula is C11H14N6O. The van der Waals surface area contributed by atoms with Gasteiger partial charge in [0.05, 0.1) is 7.11 Å². The molecule has 0 unspecified atom stereocenters. The van der Waals surface area contributed by atoms with Gasteiger partial charge in [-0.05, 0) is 6.42 Å². The molecule has 0 saturated carbocycles. The molecule has 0 aliphatic heterocycles. The largest absolute Gasteiger partial charge is 0.481 e. The summed E-state index contributed by atoms with van der Waals surface area (Å²) in [5.74, 6) is 1.75. The minimum absolute atomic E-state index is 0.195. The number of nitrogens with zero attached hydrogens (tertiary/aromatic N) is 5. The highest BCUT2D eigenvalue weighted by Crippen LogP contribution is 2.16. The van der Waals surface area contributed by atoms with E-state index in [4.69, 9.17) is 10.5 Å². The van der Waals surface area contributed by atoms with Gasteiger partial charge in [-0.15, -0.1) is 0 Å². The van der Waals surface area contributed by atoms with Crippen LogP contribution >= 0.6 is 0 Å². The lowest BCUT2D eigenvalue weighted by atomic mass is 10.3. The summed E-state index contributed by atoms with van der Waals surface area (Å²) in [7, 11) is 1.54. The quantitative estimate of drug-likeness (QED) is 0.854. The van der Waals surface area contributed by atoms with Crippen LogP contribution in [0.5, 0.6) is 5.88 Å². The smallest absolute Gasteiger partial charge is 0.223 e. The van der Waals surface area contributed by atoms with Crippen molar-refractivity contribution in [2.45, 2.75) is 19.8 Å². The maximum absolute atomic E-state index is 5.66. The van der Waals surface area contributed by atoms with E-state index >= 15 is 0 Å². The molecule has 18 heavy (non-hydrogen) atoms. The molecule has 94 valence electrons. The zero-order valence-corrected chi connectivity index (χ0v) is 10.3. The number of ether oxygens (including phenoxy) is 1. The van der Waals surface area contributed by atoms with Crippen molar-refractivity contribution in [3.8, 4) is 17.4 Å². The van der Waals surface area contributed by atoms with Gasteiger partial charge in [0.15, 0.2) is 5.82 Å². The topological polar surface area (TPSA) is 99.7 Å². The number of hydrogen-bond donors (Lipinski definition) is 1. The van der Waals surface area contributed by atoms with E-state index in [1.54, 1.807) is 6.07 Å². The van der Waals surface area contributed by atoms with Crippen LogP contribution in [0, 0.1) is 0 Å². The Balaban J connectivity index is 2.42. The third-order valence-electron chi connectivity index (χ3n) is 2.25. The number of methoxy groups -OCH3 is 1. The second-order valence-corrected chi connectivity index (χ2v) is 3.63. The molecule has 2 N–H and O–H groups in total. The number of nitrogen functional groups attached to an aromatic ring is 1. The maximum Gasteiger partial charge on any atom is 0.223 e. The van der Waals surface area contributed by atoms with Crippen LogP contribution < -0.4 is 10.5 Å². The lowest BCUT2D eigenvalue weighted by molar-refractivity contribution is 0.397. The number of aryl methyl sites for hydroxylation is 1. The Morgan fingerprint density at radius 3 is 2.78 bits per heavy atom. The van der Waals surface area contributed by atoms with E-state index < -0.39 is 0 Å². The number of anilines is 1. The first kappa shape index (κ1) is 12.2. The van der Waals surface area contributed by atoms with Gasteiger partial charge in [-0.1, -0.05) is 6.92 Å². The first-order valence-corrected chi connectivity index (χ1v) is 5.59. The Bertz CT molecular complexity index is 545. The zero-order valence-electron chi connectivity index (χ0n) is 10.3. The summed E-state index contributed by atoms with van der Waals surface area (Å²) in [6.45, 7) is 2.05. The van der Waals surface area contributed by atoms with Gasteiger partial charge in [0.2, 0.25) is 11.8 Å². The summed E-state index contributed by atoms with van der Waals surface area (Å²) in [4.78, 5) is 20.5. The van der Waals surface area contributed by atoms with Crippen molar-refractivity contribution in [2.75, 3.05) is 12.8 Å². The Kier molecular flexibility index (Phi) is 3.61. The Labute approximate surface area is 104 Å².